The van der Waals surface area contributed by atoms with Crippen LogP contribution >= 0.6 is 0 Å². The lowest BCUT2D eigenvalue weighted by Gasteiger charge is -2.21. The predicted octanol–water partition coefficient (Wildman–Crippen LogP) is 2.53. The molecule has 0 saturated carbocycles. The van der Waals surface area contributed by atoms with Gasteiger partial charge in [-0.2, -0.15) is 0 Å². The van der Waals surface area contributed by atoms with Gasteiger partial charge in [0.1, 0.15) is 11.5 Å². The molecule has 0 aliphatic heterocycles. The fourth-order valence-corrected chi connectivity index (χ4v) is 1.98. The number of carbonyl (C=O) groups is 1. The Kier molecular flexibility index (Phi) is 4.30. The van der Waals surface area contributed by atoms with Crippen LogP contribution in [0.3, 0.4) is 0 Å². The maximum atomic E-state index is 12.6. The van der Waals surface area contributed by atoms with Gasteiger partial charge in [-0.15, -0.1) is 0 Å². The van der Waals surface area contributed by atoms with Crippen molar-refractivity contribution in [3.63, 3.8) is 0 Å². The summed E-state index contributed by atoms with van der Waals surface area (Å²) in [5, 5.41) is 0. The molecule has 2 rings (SSSR count). The summed E-state index contributed by atoms with van der Waals surface area (Å²) in [6, 6.07) is 8.68. The van der Waals surface area contributed by atoms with Crippen LogP contribution in [0, 0.1) is 0 Å². The Hall–Kier alpha value is -2.43. The molecule has 0 radical (unpaired) electrons. The van der Waals surface area contributed by atoms with Gasteiger partial charge >= 0.3 is 0 Å². The number of nitrogens with two attached hydrogens (primary N) is 1. The molecule has 1 aromatic heterocycles. The van der Waals surface area contributed by atoms with Crippen LogP contribution in [0.4, 0.5) is 5.69 Å². The van der Waals surface area contributed by atoms with Crippen LogP contribution < -0.4 is 10.5 Å². The lowest BCUT2D eigenvalue weighted by Crippen LogP contribution is -2.30. The van der Waals surface area contributed by atoms with E-state index in [-0.39, 0.29) is 5.91 Å². The summed E-state index contributed by atoms with van der Waals surface area (Å²) in [5.74, 6) is 1.12. The van der Waals surface area contributed by atoms with E-state index >= 15 is 0 Å². The van der Waals surface area contributed by atoms with E-state index in [9.17, 15) is 4.79 Å². The summed E-state index contributed by atoms with van der Waals surface area (Å²) in [7, 11) is 1.53. The number of furan rings is 1. The summed E-state index contributed by atoms with van der Waals surface area (Å²) in [5.41, 5.74) is 6.74. The molecule has 1 heterocycles. The highest BCUT2D eigenvalue weighted by atomic mass is 16.5. The van der Waals surface area contributed by atoms with Crippen molar-refractivity contribution in [3.05, 3.63) is 47.9 Å². The molecule has 106 valence electrons. The maximum Gasteiger partial charge on any atom is 0.258 e. The topological polar surface area (TPSA) is 68.7 Å². The number of nitrogens with zero attached hydrogens (tertiary/aromatic N) is 1. The van der Waals surface area contributed by atoms with E-state index in [0.717, 1.165) is 5.76 Å². The van der Waals surface area contributed by atoms with Crippen molar-refractivity contribution >= 4 is 11.6 Å². The van der Waals surface area contributed by atoms with Gasteiger partial charge in [-0.05, 0) is 37.3 Å². The molecular weight excluding hydrogens is 256 g/mol. The van der Waals surface area contributed by atoms with Gasteiger partial charge < -0.3 is 19.8 Å². The summed E-state index contributed by atoms with van der Waals surface area (Å²) in [6.07, 6.45) is 1.59. The molecule has 1 amide bonds. The van der Waals surface area contributed by atoms with Crippen LogP contribution in [0.25, 0.3) is 0 Å². The third-order valence-corrected chi connectivity index (χ3v) is 3.05. The zero-order chi connectivity index (χ0) is 14.5. The van der Waals surface area contributed by atoms with Crippen molar-refractivity contribution in [2.75, 3.05) is 19.4 Å². The molecule has 0 atom stereocenters. The van der Waals surface area contributed by atoms with Gasteiger partial charge in [-0.3, -0.25) is 4.79 Å². The van der Waals surface area contributed by atoms with Crippen LogP contribution in [0.5, 0.6) is 5.75 Å². The third kappa shape index (κ3) is 2.93. The molecular formula is C15H18N2O3. The van der Waals surface area contributed by atoms with E-state index in [1.165, 1.54) is 7.11 Å². The molecule has 0 aliphatic carbocycles. The third-order valence-electron chi connectivity index (χ3n) is 3.05. The van der Waals surface area contributed by atoms with Crippen LogP contribution in [-0.2, 0) is 6.54 Å². The number of nitrogen functional groups attached to an aromatic ring is 1. The van der Waals surface area contributed by atoms with E-state index in [0.29, 0.717) is 30.1 Å². The Labute approximate surface area is 117 Å². The van der Waals surface area contributed by atoms with Crippen LogP contribution in [-0.4, -0.2) is 24.5 Å². The minimum Gasteiger partial charge on any atom is -0.496 e. The molecule has 5 nitrogen and oxygen atoms in total. The number of methoxy groups -OCH3 is 1. The van der Waals surface area contributed by atoms with Crippen LogP contribution in [0.2, 0.25) is 0 Å². The zero-order valence-corrected chi connectivity index (χ0v) is 11.6. The van der Waals surface area contributed by atoms with Gasteiger partial charge in [-0.25, -0.2) is 0 Å². The number of rotatable bonds is 5. The van der Waals surface area contributed by atoms with Crippen molar-refractivity contribution < 1.29 is 13.9 Å². The molecule has 0 unspecified atom stereocenters. The molecule has 0 bridgehead atoms. The first kappa shape index (κ1) is 14.0. The van der Waals surface area contributed by atoms with Crippen LogP contribution in [0.15, 0.2) is 41.0 Å². The van der Waals surface area contributed by atoms with Gasteiger partial charge in [0.2, 0.25) is 0 Å². The fourth-order valence-electron chi connectivity index (χ4n) is 1.98. The lowest BCUT2D eigenvalue weighted by molar-refractivity contribution is 0.0738. The first-order valence-corrected chi connectivity index (χ1v) is 6.41. The SMILES string of the molecule is CCN(Cc1ccco1)C(=O)c1cc(N)ccc1OC. The average Bonchev–Trinajstić information content (AvgIpc) is 2.97. The number of benzene rings is 1. The molecule has 2 aromatic rings. The first-order valence-electron chi connectivity index (χ1n) is 6.41. The van der Waals surface area contributed by atoms with Gasteiger partial charge in [-0.1, -0.05) is 0 Å². The summed E-state index contributed by atoms with van der Waals surface area (Å²) < 4.78 is 10.5. The zero-order valence-electron chi connectivity index (χ0n) is 11.6. The number of hydrogen-bond acceptors (Lipinski definition) is 4. The van der Waals surface area contributed by atoms with E-state index in [2.05, 4.69) is 0 Å². The van der Waals surface area contributed by atoms with Crippen molar-refractivity contribution in [2.24, 2.45) is 0 Å². The second kappa shape index (κ2) is 6.14. The number of ether oxygens (including phenoxy) is 1. The van der Waals surface area contributed by atoms with Crippen molar-refractivity contribution in [1.82, 2.24) is 4.90 Å². The van der Waals surface area contributed by atoms with Crippen molar-refractivity contribution in [3.8, 4) is 5.75 Å². The second-order valence-corrected chi connectivity index (χ2v) is 4.36. The number of carbonyl (C=O) groups excluding carboxylic acids is 1. The standard InChI is InChI=1S/C15H18N2O3/c1-3-17(10-12-5-4-8-20-12)15(18)13-9-11(16)6-7-14(13)19-2/h4-9H,3,10,16H2,1-2H3. The highest BCUT2D eigenvalue weighted by Gasteiger charge is 2.19. The van der Waals surface area contributed by atoms with Crippen molar-refractivity contribution in [2.45, 2.75) is 13.5 Å². The molecule has 2 N–H and O–H groups in total. The van der Waals surface area contributed by atoms with Gasteiger partial charge in [0, 0.05) is 12.2 Å². The molecule has 0 saturated heterocycles. The fraction of sp³-hybridized carbons (Fsp3) is 0.267. The summed E-state index contributed by atoms with van der Waals surface area (Å²) in [4.78, 5) is 14.3. The normalized spacial score (nSPS) is 10.3. The number of anilines is 1. The van der Waals surface area contributed by atoms with Crippen molar-refractivity contribution in [1.29, 1.82) is 0 Å². The number of hydrogen-bond donors (Lipinski definition) is 1. The Morgan fingerprint density at radius 1 is 1.40 bits per heavy atom. The van der Waals surface area contributed by atoms with Gasteiger partial charge in [0.25, 0.3) is 5.91 Å². The molecule has 0 aliphatic rings. The molecule has 1 aromatic carbocycles. The second-order valence-electron chi connectivity index (χ2n) is 4.36. The van der Waals surface area contributed by atoms with E-state index in [1.807, 2.05) is 13.0 Å². The summed E-state index contributed by atoms with van der Waals surface area (Å²) >= 11 is 0. The maximum absolute atomic E-state index is 12.6. The van der Waals surface area contributed by atoms with E-state index in [4.69, 9.17) is 14.9 Å². The summed E-state index contributed by atoms with van der Waals surface area (Å²) in [6.45, 7) is 2.90. The van der Waals surface area contributed by atoms with Crippen LogP contribution in [0.1, 0.15) is 23.0 Å². The lowest BCUT2D eigenvalue weighted by atomic mass is 10.1. The molecule has 5 heteroatoms. The molecule has 0 spiro atoms. The largest absolute Gasteiger partial charge is 0.496 e. The van der Waals surface area contributed by atoms with Gasteiger partial charge in [0.15, 0.2) is 0 Å². The minimum absolute atomic E-state index is 0.131. The monoisotopic (exact) mass is 274 g/mol. The Morgan fingerprint density at radius 3 is 2.80 bits per heavy atom. The van der Waals surface area contributed by atoms with E-state index in [1.54, 1.807) is 35.4 Å². The number of amides is 1. The Balaban J connectivity index is 2.26. The van der Waals surface area contributed by atoms with Gasteiger partial charge in [0.05, 0.1) is 25.5 Å². The predicted molar refractivity (Wildman–Crippen MR) is 76.5 cm³/mol. The first-order chi connectivity index (χ1) is 9.65. The molecule has 0 fully saturated rings. The minimum atomic E-state index is -0.131. The highest BCUT2D eigenvalue weighted by molar-refractivity contribution is 5.97. The smallest absolute Gasteiger partial charge is 0.258 e. The molecule has 20 heavy (non-hydrogen) atoms. The average molecular weight is 274 g/mol. The Morgan fingerprint density at radius 2 is 2.20 bits per heavy atom. The highest BCUT2D eigenvalue weighted by Crippen LogP contribution is 2.23. The quantitative estimate of drug-likeness (QED) is 0.851. The van der Waals surface area contributed by atoms with E-state index < -0.39 is 0 Å². The Bertz CT molecular complexity index is 579.